The molecule has 2 heterocycles. The Morgan fingerprint density at radius 3 is 2.33 bits per heavy atom. The zero-order valence-electron chi connectivity index (χ0n) is 13.2. The van der Waals surface area contributed by atoms with E-state index in [1.54, 1.807) is 0 Å². The third kappa shape index (κ3) is 2.89. The van der Waals surface area contributed by atoms with Crippen LogP contribution in [0.3, 0.4) is 0 Å². The van der Waals surface area contributed by atoms with E-state index in [1.165, 1.54) is 42.9 Å². The lowest BCUT2D eigenvalue weighted by Gasteiger charge is -2.17. The van der Waals surface area contributed by atoms with Crippen LogP contribution in [0.5, 0.6) is 0 Å². The quantitative estimate of drug-likeness (QED) is 0.935. The zero-order chi connectivity index (χ0) is 14.8. The summed E-state index contributed by atoms with van der Waals surface area (Å²) in [4.78, 5) is 2.46. The van der Waals surface area contributed by atoms with Crippen molar-refractivity contribution in [1.82, 2.24) is 9.78 Å². The van der Waals surface area contributed by atoms with Crippen LogP contribution < -0.4 is 10.2 Å². The number of rotatable bonds is 4. The van der Waals surface area contributed by atoms with Crippen molar-refractivity contribution in [3.8, 4) is 0 Å². The topological polar surface area (TPSA) is 33.1 Å². The van der Waals surface area contributed by atoms with Crippen LogP contribution in [0.4, 0.5) is 11.4 Å². The van der Waals surface area contributed by atoms with Gasteiger partial charge >= 0.3 is 0 Å². The molecule has 4 nitrogen and oxygen atoms in total. The van der Waals surface area contributed by atoms with Crippen molar-refractivity contribution in [2.24, 2.45) is 7.05 Å². The Bertz CT molecular complexity index is 606. The summed E-state index contributed by atoms with van der Waals surface area (Å²) >= 11 is 0. The number of hydrogen-bond acceptors (Lipinski definition) is 3. The molecule has 1 saturated heterocycles. The lowest BCUT2D eigenvalue weighted by molar-refractivity contribution is 0.731. The summed E-state index contributed by atoms with van der Waals surface area (Å²) in [6, 6.07) is 8.93. The molecular formula is C17H24N4. The van der Waals surface area contributed by atoms with Gasteiger partial charge in [-0.05, 0) is 44.4 Å². The minimum atomic E-state index is 0.841. The molecule has 0 saturated carbocycles. The molecule has 1 aromatic heterocycles. The van der Waals surface area contributed by atoms with Gasteiger partial charge in [-0.2, -0.15) is 5.10 Å². The number of nitrogens with one attached hydrogen (secondary N) is 1. The highest BCUT2D eigenvalue weighted by Crippen LogP contribution is 2.22. The fraction of sp³-hybridized carbons (Fsp3) is 0.471. The largest absolute Gasteiger partial charge is 0.378 e. The van der Waals surface area contributed by atoms with Gasteiger partial charge in [0.1, 0.15) is 0 Å². The van der Waals surface area contributed by atoms with Gasteiger partial charge in [-0.25, -0.2) is 0 Å². The summed E-state index contributed by atoms with van der Waals surface area (Å²) in [6.45, 7) is 7.38. The highest BCUT2D eigenvalue weighted by atomic mass is 15.3. The predicted octanol–water partition coefficient (Wildman–Crippen LogP) is 3.25. The number of hydrogen-bond donors (Lipinski definition) is 1. The van der Waals surface area contributed by atoms with E-state index in [2.05, 4.69) is 46.5 Å². The molecule has 2 aromatic rings. The molecule has 1 fully saturated rings. The average Bonchev–Trinajstić information content (AvgIpc) is 3.09. The normalized spacial score (nSPS) is 14.7. The summed E-state index contributed by atoms with van der Waals surface area (Å²) < 4.78 is 1.92. The van der Waals surface area contributed by atoms with E-state index in [0.717, 1.165) is 17.9 Å². The number of benzene rings is 1. The Hall–Kier alpha value is -1.97. The fourth-order valence-corrected chi connectivity index (χ4v) is 3.02. The van der Waals surface area contributed by atoms with Gasteiger partial charge in [-0.3, -0.25) is 4.68 Å². The number of aryl methyl sites for hydroxylation is 2. The van der Waals surface area contributed by atoms with Gasteiger partial charge in [-0.1, -0.05) is 12.1 Å². The van der Waals surface area contributed by atoms with Crippen molar-refractivity contribution in [2.75, 3.05) is 23.3 Å². The Morgan fingerprint density at radius 2 is 1.76 bits per heavy atom. The van der Waals surface area contributed by atoms with Crippen LogP contribution in [0, 0.1) is 13.8 Å². The van der Waals surface area contributed by atoms with E-state index in [1.807, 2.05) is 18.7 Å². The summed E-state index contributed by atoms with van der Waals surface area (Å²) in [5.41, 5.74) is 6.05. The second kappa shape index (κ2) is 5.80. The number of anilines is 2. The third-order valence-corrected chi connectivity index (χ3v) is 4.39. The first-order valence-corrected chi connectivity index (χ1v) is 7.73. The van der Waals surface area contributed by atoms with Gasteiger partial charge in [-0.15, -0.1) is 0 Å². The van der Waals surface area contributed by atoms with Crippen molar-refractivity contribution < 1.29 is 0 Å². The minimum Gasteiger partial charge on any atom is -0.378 e. The second-order valence-electron chi connectivity index (χ2n) is 5.88. The van der Waals surface area contributed by atoms with Gasteiger partial charge in [0, 0.05) is 32.4 Å². The van der Waals surface area contributed by atoms with Crippen LogP contribution in [0.2, 0.25) is 0 Å². The van der Waals surface area contributed by atoms with Crippen molar-refractivity contribution in [3.05, 3.63) is 41.2 Å². The lowest BCUT2D eigenvalue weighted by atomic mass is 10.2. The SMILES string of the molecule is Cc1nn(C)c(C)c1NCc1ccc(N2CCCC2)cc1. The van der Waals surface area contributed by atoms with Crippen LogP contribution in [0.1, 0.15) is 29.8 Å². The molecule has 0 atom stereocenters. The Morgan fingerprint density at radius 1 is 1.10 bits per heavy atom. The van der Waals surface area contributed by atoms with Gasteiger partial charge in [0.2, 0.25) is 0 Å². The summed E-state index contributed by atoms with van der Waals surface area (Å²) in [7, 11) is 1.98. The van der Waals surface area contributed by atoms with Crippen molar-refractivity contribution >= 4 is 11.4 Å². The Kier molecular flexibility index (Phi) is 3.86. The highest BCUT2D eigenvalue weighted by molar-refractivity contribution is 5.53. The maximum Gasteiger partial charge on any atom is 0.0827 e. The van der Waals surface area contributed by atoms with E-state index < -0.39 is 0 Å². The van der Waals surface area contributed by atoms with Crippen LogP contribution >= 0.6 is 0 Å². The molecule has 0 unspecified atom stereocenters. The summed E-state index contributed by atoms with van der Waals surface area (Å²) in [5.74, 6) is 0. The summed E-state index contributed by atoms with van der Waals surface area (Å²) in [5, 5.41) is 7.95. The van der Waals surface area contributed by atoms with E-state index in [9.17, 15) is 0 Å². The predicted molar refractivity (Wildman–Crippen MR) is 87.9 cm³/mol. The van der Waals surface area contributed by atoms with E-state index in [-0.39, 0.29) is 0 Å². The van der Waals surface area contributed by atoms with Crippen LogP contribution in [-0.2, 0) is 13.6 Å². The molecule has 3 rings (SSSR count). The molecule has 1 aliphatic rings. The van der Waals surface area contributed by atoms with Gasteiger partial charge < -0.3 is 10.2 Å². The Labute approximate surface area is 126 Å². The Balaban J connectivity index is 1.65. The fourth-order valence-electron chi connectivity index (χ4n) is 3.02. The molecule has 1 aliphatic heterocycles. The van der Waals surface area contributed by atoms with Crippen molar-refractivity contribution in [2.45, 2.75) is 33.2 Å². The molecule has 0 bridgehead atoms. The first-order chi connectivity index (χ1) is 10.1. The minimum absolute atomic E-state index is 0.841. The molecule has 1 aromatic carbocycles. The van der Waals surface area contributed by atoms with Gasteiger partial charge in [0.15, 0.2) is 0 Å². The standard InChI is InChI=1S/C17H24N4/c1-13-17(14(2)20(3)19-13)18-12-15-6-8-16(9-7-15)21-10-4-5-11-21/h6-9,18H,4-5,10-12H2,1-3H3. The van der Waals surface area contributed by atoms with Crippen LogP contribution in [0.25, 0.3) is 0 Å². The molecule has 112 valence electrons. The maximum atomic E-state index is 4.44. The monoisotopic (exact) mass is 284 g/mol. The first kappa shape index (κ1) is 14.0. The van der Waals surface area contributed by atoms with Crippen LogP contribution in [-0.4, -0.2) is 22.9 Å². The van der Waals surface area contributed by atoms with Gasteiger partial charge in [0.25, 0.3) is 0 Å². The molecule has 0 radical (unpaired) electrons. The third-order valence-electron chi connectivity index (χ3n) is 4.39. The molecule has 0 amide bonds. The van der Waals surface area contributed by atoms with Crippen molar-refractivity contribution in [1.29, 1.82) is 0 Å². The number of nitrogens with zero attached hydrogens (tertiary/aromatic N) is 3. The van der Waals surface area contributed by atoms with E-state index in [4.69, 9.17) is 0 Å². The van der Waals surface area contributed by atoms with E-state index >= 15 is 0 Å². The zero-order valence-corrected chi connectivity index (χ0v) is 13.2. The molecule has 1 N–H and O–H groups in total. The molecule has 0 spiro atoms. The highest BCUT2D eigenvalue weighted by Gasteiger charge is 2.12. The lowest BCUT2D eigenvalue weighted by Crippen LogP contribution is -2.17. The van der Waals surface area contributed by atoms with Crippen LogP contribution in [0.15, 0.2) is 24.3 Å². The number of aromatic nitrogens is 2. The maximum absolute atomic E-state index is 4.44. The first-order valence-electron chi connectivity index (χ1n) is 7.73. The second-order valence-corrected chi connectivity index (χ2v) is 5.88. The average molecular weight is 284 g/mol. The molecule has 21 heavy (non-hydrogen) atoms. The molecule has 4 heteroatoms. The van der Waals surface area contributed by atoms with E-state index in [0.29, 0.717) is 0 Å². The van der Waals surface area contributed by atoms with Gasteiger partial charge in [0.05, 0.1) is 17.1 Å². The molecular weight excluding hydrogens is 260 g/mol. The summed E-state index contributed by atoms with van der Waals surface area (Å²) in [6.07, 6.45) is 2.64. The van der Waals surface area contributed by atoms with Crippen molar-refractivity contribution in [3.63, 3.8) is 0 Å². The smallest absolute Gasteiger partial charge is 0.0827 e. The molecule has 0 aliphatic carbocycles.